The minimum absolute atomic E-state index is 0.255. The van der Waals surface area contributed by atoms with Crippen LogP contribution in [0, 0.1) is 0 Å². The molecule has 268 valence electrons. The lowest BCUT2D eigenvalue weighted by Gasteiger charge is -2.31. The molecule has 0 saturated carbocycles. The van der Waals surface area contributed by atoms with E-state index in [-0.39, 0.29) is 10.8 Å². The molecule has 2 aliphatic carbocycles. The SMILES string of the molecule is C=CC1=C(/C=C\C)c2c(c3c(c4oc5ccccc5c24)-c2ccc(-c4c5ccccc5c(-c5cccc6ccccc56)c5ccccc45)cc2C3(C)C)C1(C)C. The zero-order valence-electron chi connectivity index (χ0n) is 32.5. The molecule has 0 aliphatic heterocycles. The van der Waals surface area contributed by atoms with Crippen LogP contribution in [0.5, 0.6) is 0 Å². The molecule has 0 bridgehead atoms. The van der Waals surface area contributed by atoms with Crippen LogP contribution in [0.25, 0.3) is 93.2 Å². The first kappa shape index (κ1) is 32.9. The third kappa shape index (κ3) is 4.15. The molecule has 56 heavy (non-hydrogen) atoms. The summed E-state index contributed by atoms with van der Waals surface area (Å²) in [4.78, 5) is 0. The monoisotopic (exact) mass is 718 g/mol. The average Bonchev–Trinajstić information content (AvgIpc) is 3.79. The maximum atomic E-state index is 6.98. The van der Waals surface area contributed by atoms with Gasteiger partial charge >= 0.3 is 0 Å². The molecule has 0 amide bonds. The summed E-state index contributed by atoms with van der Waals surface area (Å²) in [5.74, 6) is 0. The minimum atomic E-state index is -0.304. The molecule has 0 atom stereocenters. The van der Waals surface area contributed by atoms with E-state index in [0.29, 0.717) is 0 Å². The molecule has 1 aromatic heterocycles. The predicted molar refractivity (Wildman–Crippen MR) is 240 cm³/mol. The predicted octanol–water partition coefficient (Wildman–Crippen LogP) is 15.5. The van der Waals surface area contributed by atoms with Crippen molar-refractivity contribution in [2.45, 2.75) is 45.4 Å². The Morgan fingerprint density at radius 2 is 1.12 bits per heavy atom. The van der Waals surface area contributed by atoms with Crippen molar-refractivity contribution < 1.29 is 4.42 Å². The molecule has 0 N–H and O–H groups in total. The Hall–Kier alpha value is -6.44. The number of hydrogen-bond acceptors (Lipinski definition) is 1. The van der Waals surface area contributed by atoms with Gasteiger partial charge in [-0.2, -0.15) is 0 Å². The fourth-order valence-corrected chi connectivity index (χ4v) is 10.8. The van der Waals surface area contributed by atoms with E-state index in [9.17, 15) is 0 Å². The van der Waals surface area contributed by atoms with Gasteiger partial charge in [0.15, 0.2) is 0 Å². The van der Waals surface area contributed by atoms with Gasteiger partial charge in [-0.15, -0.1) is 0 Å². The molecule has 9 aromatic rings. The molecule has 0 radical (unpaired) electrons. The van der Waals surface area contributed by atoms with Gasteiger partial charge in [-0.05, 0) is 113 Å². The standard InChI is InChI=1S/C55H42O/c1-7-18-40-43(8-2)54(3,4)51-48(40)49-42-26-15-16-28-45(42)56-53(49)50-41-30-29-33(31-44(41)55(5,6)52(50)51)46-36-22-11-13-24-38(36)47(39-25-14-12-23-37(39)46)35-27-17-20-32-19-9-10-21-34(32)35/h7-31H,2H2,1,3-6H3/b18-7-. The number of allylic oxidation sites excluding steroid dienone is 5. The summed E-state index contributed by atoms with van der Waals surface area (Å²) in [6.07, 6.45) is 6.53. The first-order valence-electron chi connectivity index (χ1n) is 19.8. The summed E-state index contributed by atoms with van der Waals surface area (Å²) >= 11 is 0. The molecular formula is C55H42O. The zero-order valence-corrected chi connectivity index (χ0v) is 32.5. The largest absolute Gasteiger partial charge is 0.455 e. The van der Waals surface area contributed by atoms with Gasteiger partial charge in [0.05, 0.1) is 0 Å². The highest BCUT2D eigenvalue weighted by Crippen LogP contribution is 2.62. The second kappa shape index (κ2) is 11.5. The molecular weight excluding hydrogens is 677 g/mol. The first-order chi connectivity index (χ1) is 27.3. The van der Waals surface area contributed by atoms with Crippen molar-refractivity contribution in [1.82, 2.24) is 0 Å². The third-order valence-corrected chi connectivity index (χ3v) is 13.1. The molecule has 1 nitrogen and oxygen atoms in total. The van der Waals surface area contributed by atoms with Crippen LogP contribution in [0.15, 0.2) is 168 Å². The van der Waals surface area contributed by atoms with E-state index in [1.54, 1.807) is 0 Å². The maximum Gasteiger partial charge on any atom is 0.144 e. The van der Waals surface area contributed by atoms with E-state index in [1.807, 2.05) is 0 Å². The lowest BCUT2D eigenvalue weighted by molar-refractivity contribution is 0.596. The van der Waals surface area contributed by atoms with Gasteiger partial charge in [-0.1, -0.05) is 174 Å². The Bertz CT molecular complexity index is 3200. The van der Waals surface area contributed by atoms with Gasteiger partial charge in [0.25, 0.3) is 0 Å². The highest BCUT2D eigenvalue weighted by atomic mass is 16.3. The van der Waals surface area contributed by atoms with Gasteiger partial charge in [-0.25, -0.2) is 0 Å². The second-order valence-electron chi connectivity index (χ2n) is 16.7. The number of hydrogen-bond donors (Lipinski definition) is 0. The topological polar surface area (TPSA) is 13.1 Å². The zero-order chi connectivity index (χ0) is 38.1. The van der Waals surface area contributed by atoms with Crippen molar-refractivity contribution in [2.75, 3.05) is 0 Å². The molecule has 8 aromatic carbocycles. The van der Waals surface area contributed by atoms with E-state index >= 15 is 0 Å². The van der Waals surface area contributed by atoms with Gasteiger partial charge in [0.1, 0.15) is 11.2 Å². The van der Waals surface area contributed by atoms with Crippen molar-refractivity contribution in [2.24, 2.45) is 0 Å². The lowest BCUT2D eigenvalue weighted by atomic mass is 9.71. The number of furan rings is 1. The quantitative estimate of drug-likeness (QED) is 0.165. The fourth-order valence-electron chi connectivity index (χ4n) is 10.8. The maximum absolute atomic E-state index is 6.98. The molecule has 0 fully saturated rings. The summed E-state index contributed by atoms with van der Waals surface area (Å²) in [7, 11) is 0. The smallest absolute Gasteiger partial charge is 0.144 e. The third-order valence-electron chi connectivity index (χ3n) is 13.1. The van der Waals surface area contributed by atoms with Crippen molar-refractivity contribution in [3.63, 3.8) is 0 Å². The Morgan fingerprint density at radius 1 is 0.536 bits per heavy atom. The molecule has 1 heteroatoms. The number of fused-ring (bicyclic) bond motifs is 13. The van der Waals surface area contributed by atoms with E-state index in [2.05, 4.69) is 193 Å². The normalized spacial score (nSPS) is 15.4. The van der Waals surface area contributed by atoms with E-state index in [0.717, 1.165) is 16.6 Å². The van der Waals surface area contributed by atoms with Crippen LogP contribution in [-0.2, 0) is 10.8 Å². The van der Waals surface area contributed by atoms with Crippen LogP contribution in [-0.4, -0.2) is 0 Å². The van der Waals surface area contributed by atoms with Gasteiger partial charge in [0, 0.05) is 27.2 Å². The minimum Gasteiger partial charge on any atom is -0.455 e. The highest BCUT2D eigenvalue weighted by molar-refractivity contribution is 6.24. The Kier molecular flexibility index (Phi) is 6.79. The van der Waals surface area contributed by atoms with E-state index in [4.69, 9.17) is 4.42 Å². The van der Waals surface area contributed by atoms with Gasteiger partial charge < -0.3 is 4.42 Å². The molecule has 2 aliphatic rings. The van der Waals surface area contributed by atoms with E-state index in [1.165, 1.54) is 104 Å². The number of rotatable bonds is 4. The van der Waals surface area contributed by atoms with Gasteiger partial charge in [0.2, 0.25) is 0 Å². The van der Waals surface area contributed by atoms with Crippen LogP contribution in [0.1, 0.15) is 56.9 Å². The number of para-hydroxylation sites is 1. The molecule has 11 rings (SSSR count). The van der Waals surface area contributed by atoms with Crippen molar-refractivity contribution >= 4 is 59.8 Å². The highest BCUT2D eigenvalue weighted by Gasteiger charge is 2.48. The Balaban J connectivity index is 1.22. The summed E-state index contributed by atoms with van der Waals surface area (Å²) in [6, 6.07) is 49.3. The summed E-state index contributed by atoms with van der Waals surface area (Å²) in [5.41, 5.74) is 16.8. The Labute approximate surface area is 327 Å². The van der Waals surface area contributed by atoms with Crippen LogP contribution in [0.4, 0.5) is 0 Å². The molecule has 0 unspecified atom stereocenters. The summed E-state index contributed by atoms with van der Waals surface area (Å²) < 4.78 is 6.98. The number of benzene rings is 8. The van der Waals surface area contributed by atoms with Crippen LogP contribution >= 0.6 is 0 Å². The van der Waals surface area contributed by atoms with Crippen molar-refractivity contribution in [3.8, 4) is 33.4 Å². The van der Waals surface area contributed by atoms with Crippen molar-refractivity contribution in [1.29, 1.82) is 0 Å². The van der Waals surface area contributed by atoms with E-state index < -0.39 is 0 Å². The van der Waals surface area contributed by atoms with Gasteiger partial charge in [-0.3, -0.25) is 0 Å². The second-order valence-corrected chi connectivity index (χ2v) is 16.7. The van der Waals surface area contributed by atoms with Crippen molar-refractivity contribution in [3.05, 3.63) is 186 Å². The molecule has 0 saturated heterocycles. The lowest BCUT2D eigenvalue weighted by Crippen LogP contribution is -2.25. The Morgan fingerprint density at radius 3 is 1.80 bits per heavy atom. The average molecular weight is 719 g/mol. The summed E-state index contributed by atoms with van der Waals surface area (Å²) in [5, 5.41) is 9.96. The summed E-state index contributed by atoms with van der Waals surface area (Å²) in [6.45, 7) is 16.1. The molecule has 0 spiro atoms. The van der Waals surface area contributed by atoms with Crippen LogP contribution in [0.3, 0.4) is 0 Å². The van der Waals surface area contributed by atoms with Crippen LogP contribution in [0.2, 0.25) is 0 Å². The molecule has 1 heterocycles. The fraction of sp³-hybridized carbons (Fsp3) is 0.127. The van der Waals surface area contributed by atoms with Crippen LogP contribution < -0.4 is 0 Å². The first-order valence-corrected chi connectivity index (χ1v) is 19.8.